The van der Waals surface area contributed by atoms with Gasteiger partial charge < -0.3 is 4.90 Å². The highest BCUT2D eigenvalue weighted by atomic mass is 19.4. The lowest BCUT2D eigenvalue weighted by atomic mass is 10.1. The molecule has 0 N–H and O–H groups in total. The van der Waals surface area contributed by atoms with Crippen LogP contribution >= 0.6 is 0 Å². The van der Waals surface area contributed by atoms with Crippen LogP contribution in [0.15, 0.2) is 18.2 Å². The van der Waals surface area contributed by atoms with Gasteiger partial charge in [0.15, 0.2) is 0 Å². The van der Waals surface area contributed by atoms with Crippen LogP contribution in [0.4, 0.5) is 18.9 Å². The molecule has 20 heavy (non-hydrogen) atoms. The van der Waals surface area contributed by atoms with E-state index in [0.717, 1.165) is 25.6 Å². The summed E-state index contributed by atoms with van der Waals surface area (Å²) >= 11 is 0. The number of nitriles is 1. The molecule has 0 bridgehead atoms. The lowest BCUT2D eigenvalue weighted by Crippen LogP contribution is -2.26. The van der Waals surface area contributed by atoms with Gasteiger partial charge in [-0.25, -0.2) is 0 Å². The Balaban J connectivity index is 2.29. The molecular formula is C15H17F3N2. The van der Waals surface area contributed by atoms with E-state index in [1.807, 2.05) is 6.92 Å². The van der Waals surface area contributed by atoms with Crippen LogP contribution in [0.2, 0.25) is 0 Å². The molecule has 0 unspecified atom stereocenters. The van der Waals surface area contributed by atoms with Crippen molar-refractivity contribution in [2.45, 2.75) is 32.4 Å². The van der Waals surface area contributed by atoms with Crippen molar-refractivity contribution in [1.29, 1.82) is 5.26 Å². The predicted octanol–water partition coefficient (Wildman–Crippen LogP) is 4.20. The summed E-state index contributed by atoms with van der Waals surface area (Å²) in [6, 6.07) is 5.51. The molecule has 0 aromatic heterocycles. The fraction of sp³-hybridized carbons (Fsp3) is 0.533. The molecule has 1 saturated carbocycles. The van der Waals surface area contributed by atoms with Gasteiger partial charge in [0, 0.05) is 18.8 Å². The van der Waals surface area contributed by atoms with E-state index < -0.39 is 11.7 Å². The summed E-state index contributed by atoms with van der Waals surface area (Å²) in [7, 11) is 0. The molecule has 1 aliphatic rings. The highest BCUT2D eigenvalue weighted by molar-refractivity contribution is 5.55. The molecule has 0 amide bonds. The third-order valence-corrected chi connectivity index (χ3v) is 3.46. The van der Waals surface area contributed by atoms with Gasteiger partial charge in [-0.1, -0.05) is 6.92 Å². The lowest BCUT2D eigenvalue weighted by molar-refractivity contribution is -0.137. The Morgan fingerprint density at radius 2 is 2.05 bits per heavy atom. The average molecular weight is 282 g/mol. The van der Waals surface area contributed by atoms with E-state index in [2.05, 4.69) is 4.90 Å². The van der Waals surface area contributed by atoms with Gasteiger partial charge >= 0.3 is 6.18 Å². The maximum absolute atomic E-state index is 12.8. The zero-order valence-corrected chi connectivity index (χ0v) is 11.4. The number of alkyl halides is 3. The first-order valence-corrected chi connectivity index (χ1v) is 6.82. The van der Waals surface area contributed by atoms with E-state index in [1.165, 1.54) is 25.0 Å². The summed E-state index contributed by atoms with van der Waals surface area (Å²) < 4.78 is 38.3. The Kier molecular flexibility index (Phi) is 4.22. The van der Waals surface area contributed by atoms with Crippen molar-refractivity contribution in [3.63, 3.8) is 0 Å². The lowest BCUT2D eigenvalue weighted by Gasteiger charge is -2.25. The molecule has 0 saturated heterocycles. The summed E-state index contributed by atoms with van der Waals surface area (Å²) in [5, 5.41) is 8.94. The van der Waals surface area contributed by atoms with Crippen LogP contribution in [0.1, 0.15) is 37.3 Å². The van der Waals surface area contributed by atoms with Crippen LogP contribution in [0.5, 0.6) is 0 Å². The van der Waals surface area contributed by atoms with Crippen molar-refractivity contribution < 1.29 is 13.2 Å². The van der Waals surface area contributed by atoms with Crippen molar-refractivity contribution >= 4 is 5.69 Å². The number of hydrogen-bond donors (Lipinski definition) is 0. The van der Waals surface area contributed by atoms with Crippen molar-refractivity contribution in [3.8, 4) is 6.07 Å². The first kappa shape index (κ1) is 14.7. The van der Waals surface area contributed by atoms with Crippen LogP contribution < -0.4 is 4.90 Å². The highest BCUT2D eigenvalue weighted by Gasteiger charge is 2.34. The first-order chi connectivity index (χ1) is 9.45. The van der Waals surface area contributed by atoms with E-state index in [9.17, 15) is 13.2 Å². The van der Waals surface area contributed by atoms with Crippen LogP contribution in [0, 0.1) is 17.2 Å². The number of hydrogen-bond acceptors (Lipinski definition) is 2. The number of rotatable bonds is 5. The molecule has 1 aromatic carbocycles. The van der Waals surface area contributed by atoms with Crippen molar-refractivity contribution in [1.82, 2.24) is 0 Å². The summed E-state index contributed by atoms with van der Waals surface area (Å²) in [5.41, 5.74) is -0.443. The first-order valence-electron chi connectivity index (χ1n) is 6.82. The zero-order chi connectivity index (χ0) is 14.8. The number of nitrogens with zero attached hydrogens (tertiary/aromatic N) is 2. The quantitative estimate of drug-likeness (QED) is 0.809. The van der Waals surface area contributed by atoms with E-state index >= 15 is 0 Å². The van der Waals surface area contributed by atoms with E-state index in [4.69, 9.17) is 5.26 Å². The second-order valence-electron chi connectivity index (χ2n) is 5.23. The molecule has 0 radical (unpaired) electrons. The zero-order valence-electron chi connectivity index (χ0n) is 11.4. The van der Waals surface area contributed by atoms with Crippen LogP contribution in [-0.4, -0.2) is 13.1 Å². The van der Waals surface area contributed by atoms with Crippen molar-refractivity contribution in [2.24, 2.45) is 5.92 Å². The van der Waals surface area contributed by atoms with Gasteiger partial charge in [-0.05, 0) is 43.4 Å². The van der Waals surface area contributed by atoms with Crippen molar-refractivity contribution in [2.75, 3.05) is 18.0 Å². The number of benzene rings is 1. The average Bonchev–Trinajstić information content (AvgIpc) is 3.20. The van der Waals surface area contributed by atoms with Gasteiger partial charge in [0.05, 0.1) is 17.2 Å². The van der Waals surface area contributed by atoms with Gasteiger partial charge in [-0.2, -0.15) is 18.4 Å². The Hall–Kier alpha value is -1.70. The molecule has 1 aromatic rings. The molecule has 0 aliphatic heterocycles. The third-order valence-electron chi connectivity index (χ3n) is 3.46. The molecule has 0 spiro atoms. The van der Waals surface area contributed by atoms with Crippen molar-refractivity contribution in [3.05, 3.63) is 29.3 Å². The van der Waals surface area contributed by atoms with Gasteiger partial charge in [0.2, 0.25) is 0 Å². The fourth-order valence-electron chi connectivity index (χ4n) is 2.28. The van der Waals surface area contributed by atoms with Gasteiger partial charge in [-0.3, -0.25) is 0 Å². The van der Waals surface area contributed by atoms with Crippen LogP contribution in [0.25, 0.3) is 0 Å². The van der Waals surface area contributed by atoms with E-state index in [1.54, 1.807) is 6.07 Å². The molecule has 1 fully saturated rings. The normalized spacial score (nSPS) is 14.9. The maximum Gasteiger partial charge on any atom is 0.417 e. The molecule has 2 nitrogen and oxygen atoms in total. The monoisotopic (exact) mass is 282 g/mol. The highest BCUT2D eigenvalue weighted by Crippen LogP contribution is 2.35. The van der Waals surface area contributed by atoms with Gasteiger partial charge in [0.1, 0.15) is 0 Å². The Morgan fingerprint density at radius 3 is 2.55 bits per heavy atom. The minimum absolute atomic E-state index is 0.299. The smallest absolute Gasteiger partial charge is 0.371 e. The topological polar surface area (TPSA) is 27.0 Å². The van der Waals surface area contributed by atoms with Gasteiger partial charge in [-0.15, -0.1) is 0 Å². The van der Waals surface area contributed by atoms with Gasteiger partial charge in [0.25, 0.3) is 0 Å². The summed E-state index contributed by atoms with van der Waals surface area (Å²) in [6.07, 6.45) is -1.18. The number of halogens is 3. The molecular weight excluding hydrogens is 265 g/mol. The minimum Gasteiger partial charge on any atom is -0.371 e. The van der Waals surface area contributed by atoms with Crippen LogP contribution in [-0.2, 0) is 6.18 Å². The SMILES string of the molecule is CCCN(CC1CC1)c1ccc(C(F)(F)F)c(C#N)c1. The maximum atomic E-state index is 12.8. The number of anilines is 1. The van der Waals surface area contributed by atoms with E-state index in [-0.39, 0.29) is 5.56 Å². The molecule has 0 heterocycles. The molecule has 108 valence electrons. The standard InChI is InChI=1S/C15H17F3N2/c1-2-7-20(10-11-3-4-11)13-5-6-14(15(16,17)18)12(8-13)9-19/h5-6,8,11H,2-4,7,10H2,1H3. The van der Waals surface area contributed by atoms with E-state index in [0.29, 0.717) is 11.6 Å². The summed E-state index contributed by atoms with van der Waals surface area (Å²) in [4.78, 5) is 2.08. The Bertz CT molecular complexity index is 513. The van der Waals surface area contributed by atoms with Crippen LogP contribution in [0.3, 0.4) is 0 Å². The molecule has 2 rings (SSSR count). The Labute approximate surface area is 116 Å². The second-order valence-corrected chi connectivity index (χ2v) is 5.23. The minimum atomic E-state index is -4.48. The molecule has 5 heteroatoms. The molecule has 1 aliphatic carbocycles. The largest absolute Gasteiger partial charge is 0.417 e. The summed E-state index contributed by atoms with van der Waals surface area (Å²) in [5.74, 6) is 0.648. The summed E-state index contributed by atoms with van der Waals surface area (Å²) in [6.45, 7) is 3.70. The fourth-order valence-corrected chi connectivity index (χ4v) is 2.28. The third kappa shape index (κ3) is 3.44. The second kappa shape index (κ2) is 5.74. The Morgan fingerprint density at radius 1 is 1.35 bits per heavy atom. The molecule has 0 atom stereocenters. The predicted molar refractivity (Wildman–Crippen MR) is 71.4 cm³/mol.